The van der Waals surface area contributed by atoms with E-state index in [4.69, 9.17) is 9.15 Å². The van der Waals surface area contributed by atoms with Gasteiger partial charge < -0.3 is 19.8 Å². The molecule has 4 heterocycles. The third-order valence-electron chi connectivity index (χ3n) is 6.28. The van der Waals surface area contributed by atoms with E-state index >= 15 is 0 Å². The van der Waals surface area contributed by atoms with Crippen molar-refractivity contribution in [2.45, 2.75) is 25.5 Å². The molecule has 0 radical (unpaired) electrons. The van der Waals surface area contributed by atoms with Gasteiger partial charge in [0.2, 0.25) is 5.89 Å². The molecule has 1 fully saturated rings. The Kier molecular flexibility index (Phi) is 6.40. The third kappa shape index (κ3) is 5.18. The minimum atomic E-state index is -0.249. The van der Waals surface area contributed by atoms with E-state index in [1.807, 2.05) is 53.5 Å². The van der Waals surface area contributed by atoms with Gasteiger partial charge in [-0.2, -0.15) is 10.2 Å². The van der Waals surface area contributed by atoms with Crippen molar-refractivity contribution in [1.29, 1.82) is 0 Å². The Hall–Kier alpha value is -4.77. The lowest BCUT2D eigenvalue weighted by Gasteiger charge is -2.22. The van der Waals surface area contributed by atoms with Gasteiger partial charge in [0.05, 0.1) is 18.0 Å². The fourth-order valence-corrected chi connectivity index (χ4v) is 4.31. The largest absolute Gasteiger partial charge is 0.403 e. The first-order valence-electron chi connectivity index (χ1n) is 12.4. The van der Waals surface area contributed by atoms with Crippen LogP contribution in [0.3, 0.4) is 0 Å². The van der Waals surface area contributed by atoms with Crippen molar-refractivity contribution in [2.24, 2.45) is 7.05 Å². The van der Waals surface area contributed by atoms with Crippen molar-refractivity contribution in [3.05, 3.63) is 78.9 Å². The van der Waals surface area contributed by atoms with E-state index in [2.05, 4.69) is 31.0 Å². The lowest BCUT2D eigenvalue weighted by atomic mass is 10.1. The van der Waals surface area contributed by atoms with Crippen molar-refractivity contribution in [2.75, 3.05) is 17.2 Å². The normalized spacial score (nSPS) is 15.3. The first kappa shape index (κ1) is 23.6. The topological polar surface area (TPSA) is 125 Å². The predicted octanol–water partition coefficient (Wildman–Crippen LogP) is 5.03. The van der Waals surface area contributed by atoms with Crippen LogP contribution in [0.5, 0.6) is 0 Å². The van der Waals surface area contributed by atoms with Crippen molar-refractivity contribution in [3.63, 3.8) is 0 Å². The summed E-state index contributed by atoms with van der Waals surface area (Å²) in [7, 11) is 1.76. The summed E-state index contributed by atoms with van der Waals surface area (Å²) in [5, 5.41) is 22.8. The summed E-state index contributed by atoms with van der Waals surface area (Å²) < 4.78 is 15.1. The molecule has 0 aliphatic carbocycles. The van der Waals surface area contributed by atoms with Gasteiger partial charge in [-0.3, -0.25) is 9.48 Å². The molecule has 1 atom stereocenters. The minimum absolute atomic E-state index is 0.0169. The number of benzene rings is 2. The van der Waals surface area contributed by atoms with Crippen LogP contribution in [0.15, 0.2) is 77.7 Å². The number of aryl methyl sites for hydroxylation is 1. The van der Waals surface area contributed by atoms with Crippen molar-refractivity contribution in [1.82, 2.24) is 29.8 Å². The maximum Gasteiger partial charge on any atom is 0.320 e. The Morgan fingerprint density at radius 3 is 2.63 bits per heavy atom. The van der Waals surface area contributed by atoms with Gasteiger partial charge in [0.1, 0.15) is 6.23 Å². The van der Waals surface area contributed by atoms with E-state index in [-0.39, 0.29) is 18.1 Å². The van der Waals surface area contributed by atoms with Gasteiger partial charge in [-0.15, -0.1) is 5.10 Å². The molecular weight excluding hydrogens is 484 g/mol. The summed E-state index contributed by atoms with van der Waals surface area (Å²) >= 11 is 0. The molecule has 11 nitrogen and oxygen atoms in total. The zero-order chi connectivity index (χ0) is 25.9. The molecule has 5 aromatic rings. The number of hydrogen-bond acceptors (Lipinski definition) is 8. The molecule has 1 aliphatic rings. The van der Waals surface area contributed by atoms with Crippen LogP contribution in [0.4, 0.5) is 17.4 Å². The zero-order valence-electron chi connectivity index (χ0n) is 20.7. The molecule has 192 valence electrons. The smallest absolute Gasteiger partial charge is 0.320 e. The van der Waals surface area contributed by atoms with Crippen molar-refractivity contribution >= 4 is 23.3 Å². The monoisotopic (exact) mass is 510 g/mol. The van der Waals surface area contributed by atoms with Crippen LogP contribution in [0, 0.1) is 0 Å². The van der Waals surface area contributed by atoms with Crippen LogP contribution >= 0.6 is 0 Å². The zero-order valence-corrected chi connectivity index (χ0v) is 20.7. The quantitative estimate of drug-likeness (QED) is 0.312. The molecule has 1 unspecified atom stereocenters. The highest BCUT2D eigenvalue weighted by Gasteiger charge is 2.17. The van der Waals surface area contributed by atoms with E-state index in [9.17, 15) is 4.79 Å². The summed E-state index contributed by atoms with van der Waals surface area (Å²) in [6.45, 7) is 0.784. The first-order chi connectivity index (χ1) is 18.6. The molecule has 0 spiro atoms. The number of anilines is 3. The summed E-state index contributed by atoms with van der Waals surface area (Å²) in [6, 6.07) is 15.4. The Morgan fingerprint density at radius 2 is 1.84 bits per heavy atom. The number of ether oxygens (including phenoxy) is 1. The Morgan fingerprint density at radius 1 is 0.947 bits per heavy atom. The van der Waals surface area contributed by atoms with Gasteiger partial charge in [-0.25, -0.2) is 4.68 Å². The van der Waals surface area contributed by atoms with Crippen LogP contribution in [0.2, 0.25) is 0 Å². The predicted molar refractivity (Wildman–Crippen MR) is 141 cm³/mol. The first-order valence-corrected chi connectivity index (χ1v) is 12.4. The molecule has 1 amide bonds. The lowest BCUT2D eigenvalue weighted by Crippen LogP contribution is -2.18. The second-order valence-electron chi connectivity index (χ2n) is 9.08. The number of amides is 1. The second kappa shape index (κ2) is 10.3. The van der Waals surface area contributed by atoms with Gasteiger partial charge in [0.25, 0.3) is 5.91 Å². The van der Waals surface area contributed by atoms with Gasteiger partial charge >= 0.3 is 6.01 Å². The Balaban J connectivity index is 1.10. The molecule has 1 saturated heterocycles. The van der Waals surface area contributed by atoms with Gasteiger partial charge in [0, 0.05) is 48.5 Å². The van der Waals surface area contributed by atoms with E-state index in [1.54, 1.807) is 30.1 Å². The molecule has 38 heavy (non-hydrogen) atoms. The number of hydrogen-bond donors (Lipinski definition) is 2. The average Bonchev–Trinajstić information content (AvgIpc) is 3.71. The summed E-state index contributed by atoms with van der Waals surface area (Å²) in [5.74, 6) is 0.0835. The fourth-order valence-electron chi connectivity index (χ4n) is 4.31. The molecule has 1 aliphatic heterocycles. The average molecular weight is 511 g/mol. The van der Waals surface area contributed by atoms with Crippen molar-refractivity contribution in [3.8, 4) is 22.6 Å². The number of nitrogens with zero attached hydrogens (tertiary/aromatic N) is 6. The van der Waals surface area contributed by atoms with E-state index < -0.39 is 0 Å². The number of nitrogens with one attached hydrogen (secondary N) is 2. The molecule has 0 bridgehead atoms. The molecule has 2 aromatic carbocycles. The number of rotatable bonds is 7. The molecular formula is C27H26N8O3. The maximum absolute atomic E-state index is 12.4. The highest BCUT2D eigenvalue weighted by atomic mass is 16.5. The minimum Gasteiger partial charge on any atom is -0.403 e. The fraction of sp³-hybridized carbons (Fsp3) is 0.222. The molecule has 0 saturated carbocycles. The lowest BCUT2D eigenvalue weighted by molar-refractivity contribution is -0.0394. The molecule has 2 N–H and O–H groups in total. The van der Waals surface area contributed by atoms with E-state index in [0.29, 0.717) is 22.7 Å². The van der Waals surface area contributed by atoms with E-state index in [0.717, 1.165) is 42.7 Å². The van der Waals surface area contributed by atoms with Crippen LogP contribution in [0.25, 0.3) is 22.6 Å². The Bertz CT molecular complexity index is 1550. The summed E-state index contributed by atoms with van der Waals surface area (Å²) in [4.78, 5) is 12.4. The number of aromatic nitrogens is 6. The second-order valence-corrected chi connectivity index (χ2v) is 9.08. The van der Waals surface area contributed by atoms with E-state index in [1.165, 1.54) is 6.20 Å². The third-order valence-corrected chi connectivity index (χ3v) is 6.28. The highest BCUT2D eigenvalue weighted by molar-refractivity contribution is 6.04. The van der Waals surface area contributed by atoms with Crippen molar-refractivity contribution < 1.29 is 13.9 Å². The molecule has 11 heteroatoms. The van der Waals surface area contributed by atoms with Crippen LogP contribution < -0.4 is 10.6 Å². The SMILES string of the molecule is Cn1cc(C(=O)Nc2cccc(-c3nnc(Nc4ccc(-c5cnn(C6CCCCO6)c5)cc4)o3)c2)cn1. The summed E-state index contributed by atoms with van der Waals surface area (Å²) in [6.07, 6.45) is 10.3. The van der Waals surface area contributed by atoms with Crippen LogP contribution in [0.1, 0.15) is 35.8 Å². The van der Waals surface area contributed by atoms with Crippen LogP contribution in [-0.2, 0) is 11.8 Å². The molecule has 3 aromatic heterocycles. The highest BCUT2D eigenvalue weighted by Crippen LogP contribution is 2.28. The van der Waals surface area contributed by atoms with Gasteiger partial charge in [0.15, 0.2) is 0 Å². The van der Waals surface area contributed by atoms with Crippen LogP contribution in [-0.4, -0.2) is 42.3 Å². The van der Waals surface area contributed by atoms with Gasteiger partial charge in [-0.1, -0.05) is 23.3 Å². The number of carbonyl (C=O) groups excluding carboxylic acids is 1. The summed E-state index contributed by atoms with van der Waals surface area (Å²) in [5.41, 5.74) is 4.65. The standard InChI is InChI=1S/C27H26N8O3/c1-34-16-21(15-28-34)25(36)30-23-6-4-5-19(13-23)26-32-33-27(38-26)31-22-10-8-18(9-11-22)20-14-29-35(17-20)24-7-2-3-12-37-24/h4-6,8-11,13-17,24H,2-3,7,12H2,1H3,(H,30,36)(H,31,33). The Labute approximate surface area is 218 Å². The molecule has 6 rings (SSSR count). The van der Waals surface area contributed by atoms with Gasteiger partial charge in [-0.05, 0) is 55.2 Å². The maximum atomic E-state index is 12.4. The number of carbonyl (C=O) groups is 1.